The third-order valence-corrected chi connectivity index (χ3v) is 11.1. The molecule has 0 aromatic rings. The van der Waals surface area contributed by atoms with Gasteiger partial charge in [-0.1, -0.05) is 163 Å². The lowest BCUT2D eigenvalue weighted by molar-refractivity contribution is -0.297. The third-order valence-electron chi connectivity index (χ3n) is 10.3. The Morgan fingerprint density at radius 3 is 1.65 bits per heavy atom. The SMILES string of the molecule is CC/C=C/C=C/C=C/C=C/CCCCCC(=O)OC(COC(=O)CCCCCCCCCCC/C=C/C/C=C/C/C=C/CCCCC)CO[C@H]1O[C@H](CS(=O)(=O)O)[C@@H](O)C(O)C1O. The van der Waals surface area contributed by atoms with E-state index in [0.717, 1.165) is 64.2 Å². The Hall–Kier alpha value is -3.17. The first-order valence-electron chi connectivity index (χ1n) is 23.7. The van der Waals surface area contributed by atoms with Crippen molar-refractivity contribution in [3.05, 3.63) is 85.1 Å². The van der Waals surface area contributed by atoms with Crippen molar-refractivity contribution in [3.63, 3.8) is 0 Å². The van der Waals surface area contributed by atoms with Crippen LogP contribution in [0, 0.1) is 0 Å². The van der Waals surface area contributed by atoms with Crippen LogP contribution in [0.25, 0.3) is 0 Å². The normalized spacial score (nSPS) is 20.5. The minimum absolute atomic E-state index is 0.112. The number of esters is 2. The highest BCUT2D eigenvalue weighted by Gasteiger charge is 2.46. The van der Waals surface area contributed by atoms with Crippen LogP contribution in [0.4, 0.5) is 0 Å². The molecule has 0 saturated carbocycles. The Labute approximate surface area is 380 Å². The van der Waals surface area contributed by atoms with Crippen LogP contribution in [-0.4, -0.2) is 96.0 Å². The highest BCUT2D eigenvalue weighted by Crippen LogP contribution is 2.24. The van der Waals surface area contributed by atoms with Gasteiger partial charge in [0.1, 0.15) is 36.8 Å². The second-order valence-electron chi connectivity index (χ2n) is 16.1. The lowest BCUT2D eigenvalue weighted by Crippen LogP contribution is -2.60. The van der Waals surface area contributed by atoms with Crippen molar-refractivity contribution in [1.82, 2.24) is 0 Å². The average molecular weight is 907 g/mol. The van der Waals surface area contributed by atoms with Crippen molar-refractivity contribution >= 4 is 22.1 Å². The fraction of sp³-hybridized carbons (Fsp3) is 0.680. The second-order valence-corrected chi connectivity index (χ2v) is 17.6. The molecular formula is C50H82O12S. The zero-order valence-electron chi connectivity index (χ0n) is 38.4. The molecule has 4 N–H and O–H groups in total. The smallest absolute Gasteiger partial charge is 0.306 e. The number of carbonyl (C=O) groups is 2. The molecule has 0 aromatic carbocycles. The molecule has 0 amide bonds. The molecule has 6 atom stereocenters. The Morgan fingerprint density at radius 2 is 1.06 bits per heavy atom. The molecular weight excluding hydrogens is 825 g/mol. The molecule has 0 radical (unpaired) electrons. The van der Waals surface area contributed by atoms with Crippen LogP contribution in [0.15, 0.2) is 85.1 Å². The number of allylic oxidation sites excluding steroid dienone is 14. The van der Waals surface area contributed by atoms with Gasteiger partial charge in [0, 0.05) is 12.8 Å². The summed E-state index contributed by atoms with van der Waals surface area (Å²) in [7, 11) is -4.61. The fourth-order valence-corrected chi connectivity index (χ4v) is 7.32. The van der Waals surface area contributed by atoms with Crippen molar-refractivity contribution in [3.8, 4) is 0 Å². The van der Waals surface area contributed by atoms with Crippen molar-refractivity contribution in [2.45, 2.75) is 198 Å². The second kappa shape index (κ2) is 39.2. The summed E-state index contributed by atoms with van der Waals surface area (Å²) in [6.07, 6.45) is 42.0. The highest BCUT2D eigenvalue weighted by molar-refractivity contribution is 7.85. The molecule has 12 nitrogen and oxygen atoms in total. The van der Waals surface area contributed by atoms with E-state index in [1.807, 2.05) is 36.5 Å². The summed E-state index contributed by atoms with van der Waals surface area (Å²) < 4.78 is 54.0. The molecule has 1 aliphatic rings. The number of unbranched alkanes of at least 4 members (excludes halogenated alkanes) is 15. The zero-order valence-corrected chi connectivity index (χ0v) is 39.2. The molecule has 1 aliphatic heterocycles. The van der Waals surface area contributed by atoms with Crippen LogP contribution in [0.1, 0.15) is 162 Å². The van der Waals surface area contributed by atoms with E-state index in [4.69, 9.17) is 18.9 Å². The molecule has 63 heavy (non-hydrogen) atoms. The van der Waals surface area contributed by atoms with Gasteiger partial charge in [0.2, 0.25) is 0 Å². The number of rotatable bonds is 38. The standard InChI is InChI=1S/C50H82O12S/c1-3-5-7-9-11-13-15-17-18-19-20-21-22-23-24-25-27-28-30-32-34-36-38-45(51)59-40-43(41-60-50-49(55)48(54)47(53)44(62-50)42-63(56,57)58)61-46(52)39-37-35-33-31-29-26-16-14-12-10-8-6-4-2/h6,8,10-14,16-18,20-21,26,29,43-44,47-50,53-55H,3-5,7,9,15,19,22-25,27-28,30-42H2,1-2H3,(H,56,57,58)/b8-6+,12-10+,13-11+,16-14+,18-17+,21-20+,29-26+/t43?,44-,47-,48?,49?,50+/m1/s1. The minimum atomic E-state index is -4.61. The van der Waals surface area contributed by atoms with Crippen molar-refractivity contribution in [2.24, 2.45) is 0 Å². The predicted molar refractivity (Wildman–Crippen MR) is 251 cm³/mol. The van der Waals surface area contributed by atoms with Gasteiger partial charge in [0.15, 0.2) is 12.4 Å². The van der Waals surface area contributed by atoms with Gasteiger partial charge in [-0.05, 0) is 70.6 Å². The predicted octanol–water partition coefficient (Wildman–Crippen LogP) is 10.1. The number of ether oxygens (including phenoxy) is 4. The number of aliphatic hydroxyl groups is 3. The van der Waals surface area contributed by atoms with E-state index in [-0.39, 0.29) is 19.4 Å². The van der Waals surface area contributed by atoms with Crippen LogP contribution >= 0.6 is 0 Å². The van der Waals surface area contributed by atoms with E-state index in [1.54, 1.807) is 0 Å². The molecule has 1 rings (SSSR count). The Kier molecular flexibility index (Phi) is 36.0. The molecule has 3 unspecified atom stereocenters. The molecule has 13 heteroatoms. The maximum absolute atomic E-state index is 12.8. The molecule has 0 aromatic heterocycles. The summed E-state index contributed by atoms with van der Waals surface area (Å²) in [5, 5.41) is 30.9. The number of hydrogen-bond acceptors (Lipinski definition) is 11. The van der Waals surface area contributed by atoms with Crippen LogP contribution < -0.4 is 0 Å². The van der Waals surface area contributed by atoms with Gasteiger partial charge in [-0.15, -0.1) is 0 Å². The molecule has 1 heterocycles. The lowest BCUT2D eigenvalue weighted by Gasteiger charge is -2.40. The first-order chi connectivity index (χ1) is 30.5. The zero-order chi connectivity index (χ0) is 46.2. The summed E-state index contributed by atoms with van der Waals surface area (Å²) in [6.45, 7) is 3.54. The van der Waals surface area contributed by atoms with Crippen LogP contribution in [0.2, 0.25) is 0 Å². The van der Waals surface area contributed by atoms with Gasteiger partial charge in [0.05, 0.1) is 6.61 Å². The van der Waals surface area contributed by atoms with Gasteiger partial charge in [-0.2, -0.15) is 8.42 Å². The maximum atomic E-state index is 12.8. The van der Waals surface area contributed by atoms with E-state index in [2.05, 4.69) is 62.5 Å². The summed E-state index contributed by atoms with van der Waals surface area (Å²) in [5.41, 5.74) is 0. The average Bonchev–Trinajstić information content (AvgIpc) is 3.25. The first-order valence-corrected chi connectivity index (χ1v) is 25.3. The molecule has 0 spiro atoms. The van der Waals surface area contributed by atoms with Gasteiger partial charge in [0.25, 0.3) is 10.1 Å². The van der Waals surface area contributed by atoms with Crippen LogP contribution in [0.3, 0.4) is 0 Å². The van der Waals surface area contributed by atoms with Crippen LogP contribution in [0.5, 0.6) is 0 Å². The highest BCUT2D eigenvalue weighted by atomic mass is 32.2. The van der Waals surface area contributed by atoms with Gasteiger partial charge in [-0.3, -0.25) is 14.1 Å². The fourth-order valence-electron chi connectivity index (χ4n) is 6.63. The van der Waals surface area contributed by atoms with Gasteiger partial charge < -0.3 is 34.3 Å². The quantitative estimate of drug-likeness (QED) is 0.0151. The molecule has 360 valence electrons. The topological polar surface area (TPSA) is 186 Å². The molecule has 0 aliphatic carbocycles. The maximum Gasteiger partial charge on any atom is 0.306 e. The van der Waals surface area contributed by atoms with E-state index < -0.39 is 71.2 Å². The summed E-state index contributed by atoms with van der Waals surface area (Å²) in [5.74, 6) is -2.05. The number of carbonyl (C=O) groups excluding carboxylic acids is 2. The van der Waals surface area contributed by atoms with Crippen molar-refractivity contribution in [2.75, 3.05) is 19.0 Å². The lowest BCUT2D eigenvalue weighted by atomic mass is 10.00. The summed E-state index contributed by atoms with van der Waals surface area (Å²) >= 11 is 0. The summed E-state index contributed by atoms with van der Waals surface area (Å²) in [6, 6.07) is 0. The van der Waals surface area contributed by atoms with E-state index in [0.29, 0.717) is 12.8 Å². The van der Waals surface area contributed by atoms with E-state index >= 15 is 0 Å². The summed E-state index contributed by atoms with van der Waals surface area (Å²) in [4.78, 5) is 25.4. The van der Waals surface area contributed by atoms with E-state index in [9.17, 15) is 37.9 Å². The van der Waals surface area contributed by atoms with Crippen molar-refractivity contribution in [1.29, 1.82) is 0 Å². The van der Waals surface area contributed by atoms with Gasteiger partial charge >= 0.3 is 11.9 Å². The largest absolute Gasteiger partial charge is 0.462 e. The van der Waals surface area contributed by atoms with Crippen molar-refractivity contribution < 1.29 is 56.8 Å². The monoisotopic (exact) mass is 907 g/mol. The Morgan fingerprint density at radius 1 is 0.571 bits per heavy atom. The number of aliphatic hydroxyl groups excluding tert-OH is 3. The van der Waals surface area contributed by atoms with E-state index in [1.165, 1.54) is 57.8 Å². The molecule has 1 saturated heterocycles. The minimum Gasteiger partial charge on any atom is -0.462 e. The Bertz CT molecular complexity index is 1480. The first kappa shape index (κ1) is 57.8. The third kappa shape index (κ3) is 33.9. The molecule has 0 bridgehead atoms. The molecule has 1 fully saturated rings. The van der Waals surface area contributed by atoms with Gasteiger partial charge in [-0.25, -0.2) is 0 Å². The Balaban J connectivity index is 2.41. The number of hydrogen-bond donors (Lipinski definition) is 4. The van der Waals surface area contributed by atoms with Crippen LogP contribution in [-0.2, 0) is 38.7 Å².